The summed E-state index contributed by atoms with van der Waals surface area (Å²) in [5, 5.41) is 7.19. The number of halogens is 1. The highest BCUT2D eigenvalue weighted by Crippen LogP contribution is 2.40. The number of carbonyl (C=O) groups excluding carboxylic acids is 2. The lowest BCUT2D eigenvalue weighted by Gasteiger charge is -2.42. The van der Waals surface area contributed by atoms with E-state index in [2.05, 4.69) is 27.6 Å². The summed E-state index contributed by atoms with van der Waals surface area (Å²) in [6, 6.07) is 23.4. The largest absolute Gasteiger partial charge is 0.349 e. The van der Waals surface area contributed by atoms with Crippen LogP contribution in [0.2, 0.25) is 0 Å². The number of hydrogen-bond donors (Lipinski definition) is 1. The van der Waals surface area contributed by atoms with Crippen molar-refractivity contribution in [2.24, 2.45) is 5.92 Å². The number of rotatable bonds is 8. The van der Waals surface area contributed by atoms with E-state index in [1.807, 2.05) is 18.2 Å². The van der Waals surface area contributed by atoms with Crippen molar-refractivity contribution in [2.75, 3.05) is 13.1 Å². The van der Waals surface area contributed by atoms with Gasteiger partial charge in [0.2, 0.25) is 5.91 Å². The van der Waals surface area contributed by atoms with Gasteiger partial charge >= 0.3 is 0 Å². The molecule has 1 aliphatic carbocycles. The molecule has 2 fully saturated rings. The van der Waals surface area contributed by atoms with Crippen LogP contribution in [0.15, 0.2) is 83.4 Å². The van der Waals surface area contributed by atoms with Gasteiger partial charge in [0.25, 0.3) is 11.8 Å². The molecule has 0 radical (unpaired) electrons. The van der Waals surface area contributed by atoms with Crippen LogP contribution in [0, 0.1) is 18.7 Å². The zero-order chi connectivity index (χ0) is 28.4. The van der Waals surface area contributed by atoms with Crippen LogP contribution in [0.5, 0.6) is 0 Å². The summed E-state index contributed by atoms with van der Waals surface area (Å²) in [4.78, 5) is 33.6. The van der Waals surface area contributed by atoms with E-state index in [4.69, 9.17) is 4.52 Å². The van der Waals surface area contributed by atoms with E-state index in [1.54, 1.807) is 48.2 Å². The van der Waals surface area contributed by atoms with Crippen molar-refractivity contribution >= 4 is 11.8 Å². The van der Waals surface area contributed by atoms with Crippen LogP contribution in [0.1, 0.15) is 65.5 Å². The average Bonchev–Trinajstić information content (AvgIpc) is 3.73. The average molecular weight is 553 g/mol. The quantitative estimate of drug-likeness (QED) is 0.289. The Kier molecular flexibility index (Phi) is 7.39. The molecule has 3 aromatic carbocycles. The second-order valence-electron chi connectivity index (χ2n) is 11.2. The number of nitrogens with one attached hydrogen (secondary N) is 1. The van der Waals surface area contributed by atoms with Gasteiger partial charge in [-0.25, -0.2) is 4.39 Å². The molecule has 0 spiro atoms. The van der Waals surface area contributed by atoms with Gasteiger partial charge in [-0.05, 0) is 79.6 Å². The summed E-state index contributed by atoms with van der Waals surface area (Å²) in [5.41, 5.74) is 2.31. The molecular formula is C33H33FN4O3. The SMILES string of the molecule is Cc1noc(-c2ccc(C(=O)N3CCC(C(=O)NC(CC4CC4)c4ccccc4)(c4ccc(F)cc4)CC3)cc2)n1. The first-order valence-corrected chi connectivity index (χ1v) is 14.2. The Bertz CT molecular complexity index is 1510. The Morgan fingerprint density at radius 3 is 2.29 bits per heavy atom. The minimum Gasteiger partial charge on any atom is -0.349 e. The Balaban J connectivity index is 1.21. The molecule has 8 heteroatoms. The number of benzene rings is 3. The van der Waals surface area contributed by atoms with Gasteiger partial charge < -0.3 is 14.7 Å². The lowest BCUT2D eigenvalue weighted by atomic mass is 9.71. The number of carbonyl (C=O) groups is 2. The van der Waals surface area contributed by atoms with Crippen molar-refractivity contribution in [2.45, 2.75) is 50.5 Å². The highest BCUT2D eigenvalue weighted by molar-refractivity contribution is 5.95. The maximum atomic E-state index is 14.2. The summed E-state index contributed by atoms with van der Waals surface area (Å²) in [6.45, 7) is 2.57. The summed E-state index contributed by atoms with van der Waals surface area (Å²) < 4.78 is 19.1. The van der Waals surface area contributed by atoms with Crippen LogP contribution in [0.4, 0.5) is 4.39 Å². The van der Waals surface area contributed by atoms with E-state index in [0.29, 0.717) is 49.1 Å². The summed E-state index contributed by atoms with van der Waals surface area (Å²) in [6.07, 6.45) is 4.17. The number of piperidine rings is 1. The predicted molar refractivity (Wildman–Crippen MR) is 152 cm³/mol. The van der Waals surface area contributed by atoms with Gasteiger partial charge in [0.15, 0.2) is 5.82 Å². The van der Waals surface area contributed by atoms with Crippen LogP contribution in [0.3, 0.4) is 0 Å². The number of hydrogen-bond acceptors (Lipinski definition) is 5. The van der Waals surface area contributed by atoms with Gasteiger partial charge in [-0.15, -0.1) is 0 Å². The van der Waals surface area contributed by atoms with Crippen molar-refractivity contribution in [3.05, 3.63) is 107 Å². The minimum absolute atomic E-state index is 0.0649. The molecule has 41 heavy (non-hydrogen) atoms. The molecule has 2 heterocycles. The molecule has 1 unspecified atom stereocenters. The molecule has 1 saturated heterocycles. The van der Waals surface area contributed by atoms with Crippen molar-refractivity contribution in [1.29, 1.82) is 0 Å². The number of nitrogens with zero attached hydrogens (tertiary/aromatic N) is 3. The van der Waals surface area contributed by atoms with Gasteiger partial charge in [-0.3, -0.25) is 9.59 Å². The molecule has 0 bridgehead atoms. The van der Waals surface area contributed by atoms with E-state index in [0.717, 1.165) is 23.1 Å². The van der Waals surface area contributed by atoms with Crippen LogP contribution < -0.4 is 5.32 Å². The first-order valence-electron chi connectivity index (χ1n) is 14.2. The van der Waals surface area contributed by atoms with Gasteiger partial charge in [0.05, 0.1) is 11.5 Å². The second kappa shape index (κ2) is 11.3. The van der Waals surface area contributed by atoms with E-state index >= 15 is 0 Å². The molecule has 6 rings (SSSR count). The molecule has 1 saturated carbocycles. The summed E-state index contributed by atoms with van der Waals surface area (Å²) >= 11 is 0. The minimum atomic E-state index is -0.860. The Morgan fingerprint density at radius 2 is 1.68 bits per heavy atom. The zero-order valence-corrected chi connectivity index (χ0v) is 23.1. The normalized spacial score (nSPS) is 17.2. The zero-order valence-electron chi connectivity index (χ0n) is 23.1. The topological polar surface area (TPSA) is 88.3 Å². The summed E-state index contributed by atoms with van der Waals surface area (Å²) in [5.74, 6) is 1.07. The third-order valence-corrected chi connectivity index (χ3v) is 8.42. The fraction of sp³-hybridized carbons (Fsp3) is 0.333. The Labute approximate surface area is 238 Å². The standard InChI is InChI=1S/C33H33FN4O3/c1-22-35-30(41-37-22)25-9-11-26(12-10-25)31(39)38-19-17-33(18-20-38,27-13-15-28(34)16-14-27)32(40)36-29(21-23-7-8-23)24-5-3-2-4-6-24/h2-6,9-16,23,29H,7-8,17-21H2,1H3,(H,36,40). The molecule has 2 aliphatic rings. The van der Waals surface area contributed by atoms with Crippen molar-refractivity contribution in [1.82, 2.24) is 20.4 Å². The number of amides is 2. The Hall–Kier alpha value is -4.33. The van der Waals surface area contributed by atoms with Gasteiger partial charge in [-0.2, -0.15) is 4.98 Å². The smallest absolute Gasteiger partial charge is 0.257 e. The monoisotopic (exact) mass is 552 g/mol. The molecule has 1 N–H and O–H groups in total. The number of aromatic nitrogens is 2. The third-order valence-electron chi connectivity index (χ3n) is 8.42. The summed E-state index contributed by atoms with van der Waals surface area (Å²) in [7, 11) is 0. The van der Waals surface area contributed by atoms with Gasteiger partial charge in [0, 0.05) is 24.2 Å². The maximum Gasteiger partial charge on any atom is 0.257 e. The maximum absolute atomic E-state index is 14.2. The molecular weight excluding hydrogens is 519 g/mol. The van der Waals surface area contributed by atoms with E-state index in [1.165, 1.54) is 25.0 Å². The van der Waals surface area contributed by atoms with E-state index < -0.39 is 5.41 Å². The van der Waals surface area contributed by atoms with E-state index in [-0.39, 0.29) is 23.7 Å². The molecule has 2 amide bonds. The number of aryl methyl sites for hydroxylation is 1. The molecule has 7 nitrogen and oxygen atoms in total. The van der Waals surface area contributed by atoms with Crippen LogP contribution in [-0.2, 0) is 10.2 Å². The fourth-order valence-electron chi connectivity index (χ4n) is 5.81. The molecule has 210 valence electrons. The highest BCUT2D eigenvalue weighted by Gasteiger charge is 2.45. The van der Waals surface area contributed by atoms with E-state index in [9.17, 15) is 14.0 Å². The molecule has 1 aliphatic heterocycles. The first kappa shape index (κ1) is 26.9. The van der Waals surface area contributed by atoms with Crippen molar-refractivity contribution in [3.63, 3.8) is 0 Å². The van der Waals surface area contributed by atoms with Crippen molar-refractivity contribution in [3.8, 4) is 11.5 Å². The molecule has 4 aromatic rings. The molecule has 1 aromatic heterocycles. The first-order chi connectivity index (χ1) is 19.9. The Morgan fingerprint density at radius 1 is 1.00 bits per heavy atom. The van der Waals surface area contributed by atoms with Gasteiger partial charge in [0.1, 0.15) is 5.82 Å². The van der Waals surface area contributed by atoms with Crippen LogP contribution >= 0.6 is 0 Å². The van der Waals surface area contributed by atoms with Crippen LogP contribution in [0.25, 0.3) is 11.5 Å². The fourth-order valence-corrected chi connectivity index (χ4v) is 5.81. The van der Waals surface area contributed by atoms with Crippen LogP contribution in [-0.4, -0.2) is 39.9 Å². The van der Waals surface area contributed by atoms with Gasteiger partial charge in [-0.1, -0.05) is 60.5 Å². The lowest BCUT2D eigenvalue weighted by molar-refractivity contribution is -0.129. The number of likely N-dealkylation sites (tertiary alicyclic amines) is 1. The second-order valence-corrected chi connectivity index (χ2v) is 11.2. The predicted octanol–water partition coefficient (Wildman–Crippen LogP) is 6.02. The lowest BCUT2D eigenvalue weighted by Crippen LogP contribution is -2.53. The molecule has 1 atom stereocenters. The van der Waals surface area contributed by atoms with Crippen molar-refractivity contribution < 1.29 is 18.5 Å². The highest BCUT2D eigenvalue weighted by atomic mass is 19.1. The third kappa shape index (κ3) is 5.78.